The summed E-state index contributed by atoms with van der Waals surface area (Å²) >= 11 is 0. The molecule has 0 spiro atoms. The molecule has 3 aromatic rings. The largest absolute Gasteiger partial charge is 0.423 e. The molecule has 0 bridgehead atoms. The highest BCUT2D eigenvalue weighted by molar-refractivity contribution is 5.74. The van der Waals surface area contributed by atoms with Gasteiger partial charge < -0.3 is 9.32 Å². The van der Waals surface area contributed by atoms with Crippen LogP contribution in [0.1, 0.15) is 24.5 Å². The molecule has 4 rings (SSSR count). The number of para-hydroxylation sites is 2. The summed E-state index contributed by atoms with van der Waals surface area (Å²) in [6.45, 7) is 5.73. The average molecular weight is 297 g/mol. The molecule has 0 radical (unpaired) electrons. The van der Waals surface area contributed by atoms with Gasteiger partial charge in [-0.15, -0.1) is 0 Å². The number of hydrogen-bond donors (Lipinski definition) is 0. The molecular weight excluding hydrogens is 278 g/mol. The molecule has 22 heavy (non-hydrogen) atoms. The third-order valence-electron chi connectivity index (χ3n) is 4.25. The summed E-state index contributed by atoms with van der Waals surface area (Å²) in [5, 5.41) is 4.47. The molecule has 114 valence electrons. The van der Waals surface area contributed by atoms with Gasteiger partial charge in [-0.3, -0.25) is 0 Å². The molecule has 3 heterocycles. The molecule has 1 aliphatic rings. The highest BCUT2D eigenvalue weighted by Gasteiger charge is 2.29. The predicted molar refractivity (Wildman–Crippen MR) is 83.9 cm³/mol. The first kappa shape index (κ1) is 13.3. The fourth-order valence-electron chi connectivity index (χ4n) is 3.19. The van der Waals surface area contributed by atoms with Crippen molar-refractivity contribution in [1.29, 1.82) is 0 Å². The number of rotatable bonds is 3. The molecule has 1 atom stereocenters. The van der Waals surface area contributed by atoms with Crippen LogP contribution in [-0.2, 0) is 6.54 Å². The van der Waals surface area contributed by atoms with Crippen molar-refractivity contribution in [1.82, 2.24) is 19.7 Å². The quantitative estimate of drug-likeness (QED) is 0.744. The van der Waals surface area contributed by atoms with E-state index in [1.165, 1.54) is 0 Å². The molecular formula is C16H19N5O. The van der Waals surface area contributed by atoms with Crippen LogP contribution in [0, 0.1) is 13.8 Å². The SMILES string of the molecule is Cc1nc(C)n(C[C@@H]2CCCN2c2nc3ccccc3o2)n1. The lowest BCUT2D eigenvalue weighted by molar-refractivity contribution is 0.471. The highest BCUT2D eigenvalue weighted by atomic mass is 16.4. The topological polar surface area (TPSA) is 60.0 Å². The Balaban J connectivity index is 1.61. The van der Waals surface area contributed by atoms with Crippen molar-refractivity contribution in [2.45, 2.75) is 39.3 Å². The Labute approximate surface area is 128 Å². The monoisotopic (exact) mass is 297 g/mol. The van der Waals surface area contributed by atoms with Gasteiger partial charge in [0.05, 0.1) is 12.6 Å². The Kier molecular flexibility index (Phi) is 3.10. The number of fused-ring (bicyclic) bond motifs is 1. The molecule has 6 nitrogen and oxygen atoms in total. The first-order valence-corrected chi connectivity index (χ1v) is 7.71. The van der Waals surface area contributed by atoms with E-state index in [-0.39, 0.29) is 0 Å². The van der Waals surface area contributed by atoms with Gasteiger partial charge in [0.25, 0.3) is 6.01 Å². The van der Waals surface area contributed by atoms with E-state index >= 15 is 0 Å². The van der Waals surface area contributed by atoms with Crippen LogP contribution in [0.5, 0.6) is 0 Å². The molecule has 0 saturated carbocycles. The standard InChI is InChI=1S/C16H19N5O/c1-11-17-12(2)21(19-11)10-13-6-5-9-20(13)16-18-14-7-3-4-8-15(14)22-16/h3-4,7-8,13H,5-6,9-10H2,1-2H3/t13-/m0/s1. The van der Waals surface area contributed by atoms with Crippen LogP contribution in [0.4, 0.5) is 6.01 Å². The summed E-state index contributed by atoms with van der Waals surface area (Å²) in [5.74, 6) is 1.78. The molecule has 1 aromatic carbocycles. The fourth-order valence-corrected chi connectivity index (χ4v) is 3.19. The zero-order valence-electron chi connectivity index (χ0n) is 12.9. The number of anilines is 1. The minimum atomic E-state index is 0.355. The maximum atomic E-state index is 5.92. The second-order valence-electron chi connectivity index (χ2n) is 5.84. The van der Waals surface area contributed by atoms with Gasteiger partial charge in [-0.1, -0.05) is 12.1 Å². The second kappa shape index (κ2) is 5.12. The lowest BCUT2D eigenvalue weighted by Crippen LogP contribution is -2.33. The Bertz CT molecular complexity index is 773. The van der Waals surface area contributed by atoms with Crippen LogP contribution in [0.3, 0.4) is 0 Å². The number of benzene rings is 1. The maximum absolute atomic E-state index is 5.92. The van der Waals surface area contributed by atoms with Crippen molar-refractivity contribution in [2.24, 2.45) is 0 Å². The van der Waals surface area contributed by atoms with Gasteiger partial charge in [-0.2, -0.15) is 10.1 Å². The molecule has 0 unspecified atom stereocenters. The third-order valence-corrected chi connectivity index (χ3v) is 4.25. The van der Waals surface area contributed by atoms with Crippen molar-refractivity contribution < 1.29 is 4.42 Å². The summed E-state index contributed by atoms with van der Waals surface area (Å²) in [7, 11) is 0. The molecule has 1 fully saturated rings. The van der Waals surface area contributed by atoms with Gasteiger partial charge in [0, 0.05) is 6.54 Å². The zero-order valence-corrected chi connectivity index (χ0v) is 12.9. The van der Waals surface area contributed by atoms with E-state index < -0.39 is 0 Å². The van der Waals surface area contributed by atoms with Crippen LogP contribution >= 0.6 is 0 Å². The summed E-state index contributed by atoms with van der Waals surface area (Å²) in [6.07, 6.45) is 2.27. The molecule has 2 aromatic heterocycles. The normalized spacial score (nSPS) is 18.5. The van der Waals surface area contributed by atoms with Crippen molar-refractivity contribution >= 4 is 17.1 Å². The number of hydrogen-bond acceptors (Lipinski definition) is 5. The van der Waals surface area contributed by atoms with E-state index in [2.05, 4.69) is 20.0 Å². The Morgan fingerprint density at radius 2 is 2.09 bits per heavy atom. The second-order valence-corrected chi connectivity index (χ2v) is 5.84. The minimum absolute atomic E-state index is 0.355. The first-order valence-electron chi connectivity index (χ1n) is 7.71. The fraction of sp³-hybridized carbons (Fsp3) is 0.438. The smallest absolute Gasteiger partial charge is 0.298 e. The molecule has 6 heteroatoms. The Morgan fingerprint density at radius 1 is 1.23 bits per heavy atom. The lowest BCUT2D eigenvalue weighted by Gasteiger charge is -2.22. The van der Waals surface area contributed by atoms with Gasteiger partial charge in [0.2, 0.25) is 0 Å². The summed E-state index contributed by atoms with van der Waals surface area (Å²) in [5.41, 5.74) is 1.76. The Morgan fingerprint density at radius 3 is 2.86 bits per heavy atom. The van der Waals surface area contributed by atoms with Crippen LogP contribution < -0.4 is 4.90 Å². The van der Waals surface area contributed by atoms with E-state index in [1.807, 2.05) is 42.8 Å². The molecule has 1 aliphatic heterocycles. The van der Waals surface area contributed by atoms with Crippen molar-refractivity contribution in [2.75, 3.05) is 11.4 Å². The van der Waals surface area contributed by atoms with Crippen molar-refractivity contribution in [3.63, 3.8) is 0 Å². The van der Waals surface area contributed by atoms with Gasteiger partial charge >= 0.3 is 0 Å². The summed E-state index contributed by atoms with van der Waals surface area (Å²) < 4.78 is 7.91. The van der Waals surface area contributed by atoms with E-state index in [1.54, 1.807) is 0 Å². The van der Waals surface area contributed by atoms with Gasteiger partial charge in [-0.25, -0.2) is 9.67 Å². The summed E-state index contributed by atoms with van der Waals surface area (Å²) in [4.78, 5) is 11.3. The number of aromatic nitrogens is 4. The van der Waals surface area contributed by atoms with Gasteiger partial charge in [0.15, 0.2) is 5.58 Å². The maximum Gasteiger partial charge on any atom is 0.298 e. The van der Waals surface area contributed by atoms with Crippen LogP contribution in [0.15, 0.2) is 28.7 Å². The van der Waals surface area contributed by atoms with Gasteiger partial charge in [0.1, 0.15) is 17.2 Å². The third kappa shape index (κ3) is 2.24. The zero-order chi connectivity index (χ0) is 15.1. The minimum Gasteiger partial charge on any atom is -0.423 e. The molecule has 0 amide bonds. The van der Waals surface area contributed by atoms with E-state index in [0.29, 0.717) is 6.04 Å². The number of oxazole rings is 1. The number of aryl methyl sites for hydroxylation is 2. The van der Waals surface area contributed by atoms with Gasteiger partial charge in [-0.05, 0) is 38.8 Å². The van der Waals surface area contributed by atoms with E-state index in [0.717, 1.165) is 54.7 Å². The summed E-state index contributed by atoms with van der Waals surface area (Å²) in [6, 6.07) is 8.98. The van der Waals surface area contributed by atoms with Crippen molar-refractivity contribution in [3.05, 3.63) is 35.9 Å². The van der Waals surface area contributed by atoms with Crippen LogP contribution in [0.2, 0.25) is 0 Å². The highest BCUT2D eigenvalue weighted by Crippen LogP contribution is 2.29. The Hall–Kier alpha value is -2.37. The molecule has 1 saturated heterocycles. The molecule has 0 aliphatic carbocycles. The van der Waals surface area contributed by atoms with E-state index in [9.17, 15) is 0 Å². The number of nitrogens with zero attached hydrogens (tertiary/aromatic N) is 5. The average Bonchev–Trinajstić information content (AvgIpc) is 3.18. The van der Waals surface area contributed by atoms with Crippen molar-refractivity contribution in [3.8, 4) is 0 Å². The van der Waals surface area contributed by atoms with Crippen LogP contribution in [0.25, 0.3) is 11.1 Å². The predicted octanol–water partition coefficient (Wildman–Crippen LogP) is 2.71. The first-order chi connectivity index (χ1) is 10.7. The van der Waals surface area contributed by atoms with Crippen LogP contribution in [-0.4, -0.2) is 32.3 Å². The lowest BCUT2D eigenvalue weighted by atomic mass is 10.2. The van der Waals surface area contributed by atoms with E-state index in [4.69, 9.17) is 4.42 Å². The molecule has 0 N–H and O–H groups in total.